The fourth-order valence-electron chi connectivity index (χ4n) is 7.66. The Hall–Kier alpha value is -4.94. The zero-order valence-electron chi connectivity index (χ0n) is 23.4. The van der Waals surface area contributed by atoms with Crippen molar-refractivity contribution in [3.8, 4) is 33.4 Å². The Balaban J connectivity index is 1.34. The fourth-order valence-corrected chi connectivity index (χ4v) is 7.66. The highest BCUT2D eigenvalue weighted by molar-refractivity contribution is 5.96. The smallest absolute Gasteiger partial charge is 0.0725 e. The molecule has 0 aromatic heterocycles. The summed E-state index contributed by atoms with van der Waals surface area (Å²) in [5, 5.41) is 0. The molecule has 0 aliphatic heterocycles. The van der Waals surface area contributed by atoms with Crippen molar-refractivity contribution in [2.75, 3.05) is 0 Å². The highest BCUT2D eigenvalue weighted by atomic mass is 14.5. The van der Waals surface area contributed by atoms with Gasteiger partial charge in [-0.05, 0) is 103 Å². The number of rotatable bonds is 3. The van der Waals surface area contributed by atoms with Gasteiger partial charge in [0.25, 0.3) is 0 Å². The van der Waals surface area contributed by atoms with Crippen molar-refractivity contribution in [1.29, 1.82) is 0 Å². The van der Waals surface area contributed by atoms with Crippen LogP contribution in [0.5, 0.6) is 0 Å². The largest absolute Gasteiger partial charge is 0.0905 e. The van der Waals surface area contributed by atoms with Crippen molar-refractivity contribution >= 4 is 5.57 Å². The predicted molar refractivity (Wildman–Crippen MR) is 172 cm³/mol. The van der Waals surface area contributed by atoms with Gasteiger partial charge in [0, 0.05) is 0 Å². The first-order chi connectivity index (χ1) is 20.1. The monoisotopic (exact) mass is 522 g/mol. The van der Waals surface area contributed by atoms with Crippen LogP contribution < -0.4 is 0 Å². The van der Waals surface area contributed by atoms with Crippen LogP contribution in [0, 0.1) is 13.8 Å². The minimum atomic E-state index is -0.337. The van der Waals surface area contributed by atoms with Crippen LogP contribution in [0.3, 0.4) is 0 Å². The standard InChI is InChI=1S/C41H30/c1-26-23-31(29-13-5-4-6-14-29)24-27(2)40(26)28(3)30-21-22-35-34-17-9-12-20-38(34)41(39(35)25-30)36-18-10-7-15-32(36)33-16-8-11-19-37(33)41/h4-25H,3H2,1-2H3. The maximum absolute atomic E-state index is 4.70. The molecular weight excluding hydrogens is 492 g/mol. The van der Waals surface area contributed by atoms with Crippen LogP contribution in [0.2, 0.25) is 0 Å². The lowest BCUT2D eigenvalue weighted by Crippen LogP contribution is -2.25. The molecule has 41 heavy (non-hydrogen) atoms. The quantitative estimate of drug-likeness (QED) is 0.216. The van der Waals surface area contributed by atoms with E-state index in [-0.39, 0.29) is 5.41 Å². The van der Waals surface area contributed by atoms with Crippen molar-refractivity contribution in [2.24, 2.45) is 0 Å². The number of hydrogen-bond donors (Lipinski definition) is 0. The van der Waals surface area contributed by atoms with Crippen molar-refractivity contribution in [3.63, 3.8) is 0 Å². The summed E-state index contributed by atoms with van der Waals surface area (Å²) in [4.78, 5) is 0. The SMILES string of the molecule is C=C(c1ccc2c(c1)C1(c3ccccc3-c3ccccc31)c1ccccc1-2)c1c(C)cc(-c2ccccc2)cc1C. The van der Waals surface area contributed by atoms with Gasteiger partial charge >= 0.3 is 0 Å². The van der Waals surface area contributed by atoms with Gasteiger partial charge in [0.15, 0.2) is 0 Å². The molecule has 0 saturated heterocycles. The second-order valence-corrected chi connectivity index (χ2v) is 11.5. The molecule has 194 valence electrons. The minimum absolute atomic E-state index is 0.337. The molecule has 0 bridgehead atoms. The third kappa shape index (κ3) is 3.22. The van der Waals surface area contributed by atoms with Gasteiger partial charge in [-0.1, -0.05) is 134 Å². The van der Waals surface area contributed by atoms with Crippen LogP contribution in [-0.4, -0.2) is 0 Å². The molecule has 0 atom stereocenters. The van der Waals surface area contributed by atoms with E-state index in [9.17, 15) is 0 Å². The average molecular weight is 523 g/mol. The molecule has 1 spiro atoms. The van der Waals surface area contributed by atoms with Gasteiger partial charge in [-0.25, -0.2) is 0 Å². The molecule has 0 N–H and O–H groups in total. The second kappa shape index (κ2) is 8.78. The molecule has 0 radical (unpaired) electrons. The summed E-state index contributed by atoms with van der Waals surface area (Å²) >= 11 is 0. The van der Waals surface area contributed by atoms with Crippen LogP contribution >= 0.6 is 0 Å². The van der Waals surface area contributed by atoms with E-state index >= 15 is 0 Å². The predicted octanol–water partition coefficient (Wildman–Crippen LogP) is 10.4. The Bertz CT molecular complexity index is 1940. The number of benzene rings is 6. The zero-order chi connectivity index (χ0) is 27.7. The molecule has 2 aliphatic carbocycles. The van der Waals surface area contributed by atoms with E-state index in [1.165, 1.54) is 77.9 Å². The molecule has 0 saturated carbocycles. The molecule has 8 rings (SSSR count). The molecule has 6 aromatic carbocycles. The highest BCUT2D eigenvalue weighted by Crippen LogP contribution is 2.62. The van der Waals surface area contributed by atoms with Crippen molar-refractivity contribution in [3.05, 3.63) is 185 Å². The number of hydrogen-bond acceptors (Lipinski definition) is 0. The maximum atomic E-state index is 4.70. The Morgan fingerprint density at radius 3 is 1.46 bits per heavy atom. The molecule has 0 nitrogen and oxygen atoms in total. The van der Waals surface area contributed by atoms with E-state index in [1.54, 1.807) is 0 Å². The Kier molecular flexibility index (Phi) is 5.12. The lowest BCUT2D eigenvalue weighted by atomic mass is 9.70. The van der Waals surface area contributed by atoms with Crippen LogP contribution in [0.25, 0.3) is 39.0 Å². The van der Waals surface area contributed by atoms with Crippen LogP contribution in [0.15, 0.2) is 140 Å². The Labute approximate surface area is 242 Å². The van der Waals surface area contributed by atoms with E-state index in [0.29, 0.717) is 0 Å². The van der Waals surface area contributed by atoms with E-state index < -0.39 is 0 Å². The number of aryl methyl sites for hydroxylation is 2. The lowest BCUT2D eigenvalue weighted by Gasteiger charge is -2.30. The summed E-state index contributed by atoms with van der Waals surface area (Å²) in [5.74, 6) is 0. The fraction of sp³-hybridized carbons (Fsp3) is 0.0732. The minimum Gasteiger partial charge on any atom is -0.0905 e. The van der Waals surface area contributed by atoms with Gasteiger partial charge in [0.2, 0.25) is 0 Å². The summed E-state index contributed by atoms with van der Waals surface area (Å²) in [7, 11) is 0. The first-order valence-electron chi connectivity index (χ1n) is 14.4. The van der Waals surface area contributed by atoms with E-state index in [4.69, 9.17) is 6.58 Å². The van der Waals surface area contributed by atoms with Gasteiger partial charge < -0.3 is 0 Å². The summed E-state index contributed by atoms with van der Waals surface area (Å²) in [6.07, 6.45) is 0. The highest BCUT2D eigenvalue weighted by Gasteiger charge is 2.51. The third-order valence-corrected chi connectivity index (χ3v) is 9.29. The number of fused-ring (bicyclic) bond motifs is 10. The van der Waals surface area contributed by atoms with Gasteiger partial charge in [-0.2, -0.15) is 0 Å². The van der Waals surface area contributed by atoms with Crippen LogP contribution in [-0.2, 0) is 5.41 Å². The summed E-state index contributed by atoms with van der Waals surface area (Å²) in [6, 6.07) is 49.2. The molecule has 0 fully saturated rings. The van der Waals surface area contributed by atoms with Gasteiger partial charge in [-0.3, -0.25) is 0 Å². The van der Waals surface area contributed by atoms with E-state index in [0.717, 1.165) is 5.57 Å². The molecule has 0 heteroatoms. The molecule has 6 aromatic rings. The first-order valence-corrected chi connectivity index (χ1v) is 14.4. The van der Waals surface area contributed by atoms with Crippen molar-refractivity contribution in [2.45, 2.75) is 19.3 Å². The van der Waals surface area contributed by atoms with E-state index in [2.05, 4.69) is 147 Å². The summed E-state index contributed by atoms with van der Waals surface area (Å²) in [5.41, 5.74) is 18.9. The maximum Gasteiger partial charge on any atom is 0.0725 e. The average Bonchev–Trinajstić information content (AvgIpc) is 3.48. The Morgan fingerprint density at radius 1 is 0.463 bits per heavy atom. The van der Waals surface area contributed by atoms with E-state index in [1.807, 2.05) is 0 Å². The summed E-state index contributed by atoms with van der Waals surface area (Å²) in [6.45, 7) is 9.13. The Morgan fingerprint density at radius 2 is 0.927 bits per heavy atom. The normalized spacial score (nSPS) is 13.4. The lowest BCUT2D eigenvalue weighted by molar-refractivity contribution is 0.793. The molecular formula is C41H30. The van der Waals surface area contributed by atoms with Gasteiger partial charge in [0.05, 0.1) is 5.41 Å². The van der Waals surface area contributed by atoms with Crippen molar-refractivity contribution in [1.82, 2.24) is 0 Å². The topological polar surface area (TPSA) is 0 Å². The molecule has 2 aliphatic rings. The van der Waals surface area contributed by atoms with Crippen LogP contribution in [0.4, 0.5) is 0 Å². The van der Waals surface area contributed by atoms with Gasteiger partial charge in [0.1, 0.15) is 0 Å². The first kappa shape index (κ1) is 23.9. The zero-order valence-corrected chi connectivity index (χ0v) is 23.4. The third-order valence-electron chi connectivity index (χ3n) is 9.29. The summed E-state index contributed by atoms with van der Waals surface area (Å²) < 4.78 is 0. The molecule has 0 heterocycles. The second-order valence-electron chi connectivity index (χ2n) is 11.5. The van der Waals surface area contributed by atoms with Crippen molar-refractivity contribution < 1.29 is 0 Å². The van der Waals surface area contributed by atoms with Gasteiger partial charge in [-0.15, -0.1) is 0 Å². The molecule has 0 unspecified atom stereocenters. The van der Waals surface area contributed by atoms with Crippen LogP contribution in [0.1, 0.15) is 44.5 Å². The molecule has 0 amide bonds.